The molecule has 2 aromatic carbocycles. The minimum atomic E-state index is 0.0496. The van der Waals surface area contributed by atoms with Gasteiger partial charge in [0, 0.05) is 18.0 Å². The molecule has 2 aromatic heterocycles. The van der Waals surface area contributed by atoms with Gasteiger partial charge in [-0.2, -0.15) is 5.10 Å². The maximum Gasteiger partial charge on any atom is 0.0954 e. The maximum atomic E-state index is 4.75. The summed E-state index contributed by atoms with van der Waals surface area (Å²) in [6, 6.07) is 20.9. The van der Waals surface area contributed by atoms with Crippen molar-refractivity contribution in [1.82, 2.24) is 19.3 Å². The van der Waals surface area contributed by atoms with Crippen LogP contribution in [0.1, 0.15) is 42.6 Å². The quantitative estimate of drug-likeness (QED) is 0.521. The summed E-state index contributed by atoms with van der Waals surface area (Å²) in [7, 11) is 0. The highest BCUT2D eigenvalue weighted by Gasteiger charge is 2.25. The normalized spacial score (nSPS) is 12.4. The van der Waals surface area contributed by atoms with E-state index < -0.39 is 0 Å². The van der Waals surface area contributed by atoms with Gasteiger partial charge >= 0.3 is 0 Å². The molecule has 1 atom stereocenters. The lowest BCUT2D eigenvalue weighted by Gasteiger charge is -2.22. The summed E-state index contributed by atoms with van der Waals surface area (Å²) in [5.74, 6) is 0.336. The molecule has 0 aliphatic rings. The fourth-order valence-electron chi connectivity index (χ4n) is 3.50. The van der Waals surface area contributed by atoms with Crippen LogP contribution in [0.5, 0.6) is 0 Å². The molecule has 4 heteroatoms. The van der Waals surface area contributed by atoms with Crippen molar-refractivity contribution in [3.63, 3.8) is 0 Å². The number of hydrogen-bond acceptors (Lipinski definition) is 2. The molecular formula is C22H22N4. The number of aromatic nitrogens is 4. The molecule has 2 heterocycles. The lowest BCUT2D eigenvalue weighted by Crippen LogP contribution is -2.14. The van der Waals surface area contributed by atoms with Gasteiger partial charge in [0.25, 0.3) is 0 Å². The zero-order valence-corrected chi connectivity index (χ0v) is 15.0. The van der Waals surface area contributed by atoms with E-state index >= 15 is 0 Å². The van der Waals surface area contributed by atoms with E-state index in [1.807, 2.05) is 49.2 Å². The number of rotatable bonds is 5. The van der Waals surface area contributed by atoms with Gasteiger partial charge in [0.05, 0.1) is 29.9 Å². The second kappa shape index (κ2) is 7.00. The van der Waals surface area contributed by atoms with Crippen LogP contribution in [0.3, 0.4) is 0 Å². The van der Waals surface area contributed by atoms with Crippen LogP contribution in [0.2, 0.25) is 0 Å². The monoisotopic (exact) mass is 342 g/mol. The fourth-order valence-corrected chi connectivity index (χ4v) is 3.50. The minimum absolute atomic E-state index is 0.0496. The van der Waals surface area contributed by atoms with Gasteiger partial charge in [0.1, 0.15) is 0 Å². The molecule has 0 saturated heterocycles. The number of imidazole rings is 1. The van der Waals surface area contributed by atoms with Gasteiger partial charge in [-0.3, -0.25) is 0 Å². The van der Waals surface area contributed by atoms with E-state index in [1.165, 1.54) is 16.8 Å². The summed E-state index contributed by atoms with van der Waals surface area (Å²) in [5.41, 5.74) is 4.73. The van der Waals surface area contributed by atoms with Crippen LogP contribution in [0, 0.1) is 0 Å². The van der Waals surface area contributed by atoms with Crippen LogP contribution < -0.4 is 0 Å². The topological polar surface area (TPSA) is 35.6 Å². The third-order valence-corrected chi connectivity index (χ3v) is 4.62. The van der Waals surface area contributed by atoms with Crippen LogP contribution in [0.15, 0.2) is 85.6 Å². The highest BCUT2D eigenvalue weighted by atomic mass is 15.3. The molecule has 0 radical (unpaired) electrons. The van der Waals surface area contributed by atoms with Crippen molar-refractivity contribution in [3.05, 3.63) is 102 Å². The van der Waals surface area contributed by atoms with Gasteiger partial charge in [0.15, 0.2) is 0 Å². The molecule has 4 rings (SSSR count). The standard InChI is InChI=1S/C22H22N4/c1-17(2)21-20(15-24-26(21)19-11-7-4-8-12-19)22(25-14-13-23-16-25)18-9-5-3-6-10-18/h3-17,22H,1-2H3. The van der Waals surface area contributed by atoms with Crippen molar-refractivity contribution >= 4 is 0 Å². The molecule has 130 valence electrons. The van der Waals surface area contributed by atoms with E-state index in [0.717, 1.165) is 5.69 Å². The van der Waals surface area contributed by atoms with Crippen LogP contribution in [-0.4, -0.2) is 19.3 Å². The molecule has 26 heavy (non-hydrogen) atoms. The molecule has 0 aliphatic carbocycles. The second-order valence-corrected chi connectivity index (χ2v) is 6.71. The molecule has 0 aliphatic heterocycles. The highest BCUT2D eigenvalue weighted by Crippen LogP contribution is 2.33. The molecule has 1 unspecified atom stereocenters. The zero-order valence-electron chi connectivity index (χ0n) is 15.0. The van der Waals surface area contributed by atoms with E-state index in [0.29, 0.717) is 5.92 Å². The Kier molecular flexibility index (Phi) is 4.40. The maximum absolute atomic E-state index is 4.75. The molecule has 4 aromatic rings. The molecular weight excluding hydrogens is 320 g/mol. The lowest BCUT2D eigenvalue weighted by atomic mass is 9.94. The highest BCUT2D eigenvalue weighted by molar-refractivity contribution is 5.41. The molecule has 0 fully saturated rings. The predicted octanol–water partition coefficient (Wildman–Crippen LogP) is 4.83. The predicted molar refractivity (Wildman–Crippen MR) is 104 cm³/mol. The van der Waals surface area contributed by atoms with E-state index in [4.69, 9.17) is 5.10 Å². The molecule has 0 bridgehead atoms. The minimum Gasteiger partial charge on any atom is -0.326 e. The van der Waals surface area contributed by atoms with Crippen molar-refractivity contribution in [2.45, 2.75) is 25.8 Å². The van der Waals surface area contributed by atoms with Gasteiger partial charge in [0.2, 0.25) is 0 Å². The molecule has 0 amide bonds. The average Bonchev–Trinajstić information content (AvgIpc) is 3.34. The summed E-state index contributed by atoms with van der Waals surface area (Å²) in [4.78, 5) is 4.27. The second-order valence-electron chi connectivity index (χ2n) is 6.71. The van der Waals surface area contributed by atoms with E-state index in [1.54, 1.807) is 0 Å². The third kappa shape index (κ3) is 2.94. The SMILES string of the molecule is CC(C)c1c(C(c2ccccc2)n2ccnc2)cnn1-c1ccccc1. The summed E-state index contributed by atoms with van der Waals surface area (Å²) >= 11 is 0. The number of nitrogens with zero attached hydrogens (tertiary/aromatic N) is 4. The Morgan fingerprint density at radius 2 is 1.58 bits per heavy atom. The van der Waals surface area contributed by atoms with Gasteiger partial charge in [-0.1, -0.05) is 62.4 Å². The van der Waals surface area contributed by atoms with Gasteiger partial charge in [-0.25, -0.2) is 9.67 Å². The first-order valence-corrected chi connectivity index (χ1v) is 8.91. The van der Waals surface area contributed by atoms with E-state index in [9.17, 15) is 0 Å². The Morgan fingerprint density at radius 3 is 2.19 bits per heavy atom. The Hall–Kier alpha value is -3.14. The Labute approximate surface area is 153 Å². The Bertz CT molecular complexity index is 954. The third-order valence-electron chi connectivity index (χ3n) is 4.62. The van der Waals surface area contributed by atoms with Crippen molar-refractivity contribution in [2.75, 3.05) is 0 Å². The summed E-state index contributed by atoms with van der Waals surface area (Å²) in [5, 5.41) is 4.75. The summed E-state index contributed by atoms with van der Waals surface area (Å²) < 4.78 is 4.21. The van der Waals surface area contributed by atoms with Crippen LogP contribution in [-0.2, 0) is 0 Å². The average molecular weight is 342 g/mol. The van der Waals surface area contributed by atoms with Crippen molar-refractivity contribution in [1.29, 1.82) is 0 Å². The number of benzene rings is 2. The number of hydrogen-bond donors (Lipinski definition) is 0. The van der Waals surface area contributed by atoms with Crippen molar-refractivity contribution < 1.29 is 0 Å². The molecule has 0 spiro atoms. The zero-order chi connectivity index (χ0) is 17.9. The summed E-state index contributed by atoms with van der Waals surface area (Å²) in [6.45, 7) is 4.44. The van der Waals surface area contributed by atoms with E-state index in [2.05, 4.69) is 64.5 Å². The lowest BCUT2D eigenvalue weighted by molar-refractivity contribution is 0.650. The van der Waals surface area contributed by atoms with Crippen molar-refractivity contribution in [3.8, 4) is 5.69 Å². The van der Waals surface area contributed by atoms with Gasteiger partial charge in [-0.05, 0) is 23.6 Å². The van der Waals surface area contributed by atoms with Crippen LogP contribution in [0.4, 0.5) is 0 Å². The Balaban J connectivity index is 1.91. The first-order valence-electron chi connectivity index (χ1n) is 8.91. The fraction of sp³-hybridized carbons (Fsp3) is 0.182. The van der Waals surface area contributed by atoms with Crippen molar-refractivity contribution in [2.24, 2.45) is 0 Å². The molecule has 4 nitrogen and oxygen atoms in total. The molecule has 0 N–H and O–H groups in total. The largest absolute Gasteiger partial charge is 0.326 e. The first kappa shape index (κ1) is 16.3. The number of para-hydroxylation sites is 1. The Morgan fingerprint density at radius 1 is 0.885 bits per heavy atom. The van der Waals surface area contributed by atoms with E-state index in [-0.39, 0.29) is 6.04 Å². The van der Waals surface area contributed by atoms with Crippen LogP contribution in [0.25, 0.3) is 5.69 Å². The van der Waals surface area contributed by atoms with Gasteiger partial charge in [-0.15, -0.1) is 0 Å². The van der Waals surface area contributed by atoms with Gasteiger partial charge < -0.3 is 4.57 Å². The summed E-state index contributed by atoms with van der Waals surface area (Å²) in [6.07, 6.45) is 7.72. The molecule has 0 saturated carbocycles. The smallest absolute Gasteiger partial charge is 0.0954 e. The first-order chi connectivity index (χ1) is 12.8. The van der Waals surface area contributed by atoms with Crippen LogP contribution >= 0.6 is 0 Å².